The lowest BCUT2D eigenvalue weighted by Crippen LogP contribution is -2.36. The van der Waals surface area contributed by atoms with Crippen molar-refractivity contribution in [2.75, 3.05) is 19.5 Å². The molecule has 29 heavy (non-hydrogen) atoms. The van der Waals surface area contributed by atoms with Crippen LogP contribution in [0.5, 0.6) is 11.5 Å². The van der Waals surface area contributed by atoms with Gasteiger partial charge in [-0.1, -0.05) is 12.1 Å². The Bertz CT molecular complexity index is 841. The van der Waals surface area contributed by atoms with Crippen molar-refractivity contribution in [3.05, 3.63) is 53.6 Å². The minimum atomic E-state index is -0.273. The fraction of sp³-hybridized carbons (Fsp3) is 0.364. The molecular formula is C22H27N3O4. The van der Waals surface area contributed by atoms with Gasteiger partial charge in [-0.05, 0) is 55.2 Å². The topological polar surface area (TPSA) is 88.7 Å². The lowest BCUT2D eigenvalue weighted by Gasteiger charge is -2.16. The van der Waals surface area contributed by atoms with Crippen molar-refractivity contribution < 1.29 is 19.1 Å². The molecule has 154 valence electrons. The molecule has 1 aliphatic rings. The number of benzene rings is 2. The molecular weight excluding hydrogens is 370 g/mol. The van der Waals surface area contributed by atoms with E-state index < -0.39 is 0 Å². The largest absolute Gasteiger partial charge is 0.497 e. The van der Waals surface area contributed by atoms with E-state index in [1.807, 2.05) is 43.3 Å². The third-order valence-corrected chi connectivity index (χ3v) is 4.84. The van der Waals surface area contributed by atoms with Crippen molar-refractivity contribution in [3.63, 3.8) is 0 Å². The molecule has 1 unspecified atom stereocenters. The number of carbonyl (C=O) groups excluding carboxylic acids is 2. The van der Waals surface area contributed by atoms with Gasteiger partial charge in [-0.15, -0.1) is 0 Å². The summed E-state index contributed by atoms with van der Waals surface area (Å²) in [5.74, 6) is 1.59. The van der Waals surface area contributed by atoms with Crippen LogP contribution in [-0.2, 0) is 11.3 Å². The highest BCUT2D eigenvalue weighted by atomic mass is 16.5. The monoisotopic (exact) mass is 397 g/mol. The molecule has 3 rings (SSSR count). The summed E-state index contributed by atoms with van der Waals surface area (Å²) in [6.07, 6.45) is 1.95. The molecule has 3 N–H and O–H groups in total. The summed E-state index contributed by atoms with van der Waals surface area (Å²) in [5, 5.41) is 8.66. The number of hydrogen-bond acceptors (Lipinski definition) is 4. The summed E-state index contributed by atoms with van der Waals surface area (Å²) in [4.78, 5) is 24.1. The lowest BCUT2D eigenvalue weighted by atomic mass is 10.1. The number of urea groups is 1. The number of hydrogen-bond donors (Lipinski definition) is 3. The van der Waals surface area contributed by atoms with Gasteiger partial charge >= 0.3 is 6.03 Å². The average Bonchev–Trinajstić information content (AvgIpc) is 3.58. The van der Waals surface area contributed by atoms with Gasteiger partial charge in [0.2, 0.25) is 5.91 Å². The third-order valence-electron chi connectivity index (χ3n) is 4.84. The number of methoxy groups -OCH3 is 2. The van der Waals surface area contributed by atoms with Crippen LogP contribution in [-0.4, -0.2) is 26.2 Å². The van der Waals surface area contributed by atoms with Gasteiger partial charge in [-0.3, -0.25) is 4.79 Å². The van der Waals surface area contributed by atoms with E-state index in [9.17, 15) is 9.59 Å². The van der Waals surface area contributed by atoms with Crippen LogP contribution in [0.15, 0.2) is 42.5 Å². The van der Waals surface area contributed by atoms with Crippen molar-refractivity contribution in [1.82, 2.24) is 10.6 Å². The molecule has 0 aliphatic heterocycles. The van der Waals surface area contributed by atoms with Gasteiger partial charge in [-0.25, -0.2) is 4.79 Å². The Morgan fingerprint density at radius 3 is 2.21 bits per heavy atom. The average molecular weight is 397 g/mol. The van der Waals surface area contributed by atoms with Gasteiger partial charge in [0, 0.05) is 24.2 Å². The molecule has 1 aliphatic carbocycles. The molecule has 7 nitrogen and oxygen atoms in total. The predicted molar refractivity (Wildman–Crippen MR) is 111 cm³/mol. The van der Waals surface area contributed by atoms with Crippen molar-refractivity contribution in [1.29, 1.82) is 0 Å². The van der Waals surface area contributed by atoms with Gasteiger partial charge in [0.05, 0.1) is 20.3 Å². The van der Waals surface area contributed by atoms with Gasteiger partial charge in [0.1, 0.15) is 11.5 Å². The molecule has 0 bridgehead atoms. The van der Waals surface area contributed by atoms with E-state index in [0.717, 1.165) is 29.7 Å². The van der Waals surface area contributed by atoms with Crippen molar-refractivity contribution in [3.8, 4) is 11.5 Å². The highest BCUT2D eigenvalue weighted by molar-refractivity contribution is 5.94. The van der Waals surface area contributed by atoms with Crippen LogP contribution in [0.4, 0.5) is 10.5 Å². The molecule has 0 heterocycles. The first-order valence-electron chi connectivity index (χ1n) is 9.65. The first kappa shape index (κ1) is 20.5. The van der Waals surface area contributed by atoms with Crippen molar-refractivity contribution in [2.45, 2.75) is 32.4 Å². The Labute approximate surface area is 170 Å². The van der Waals surface area contributed by atoms with Gasteiger partial charge in [-0.2, -0.15) is 0 Å². The number of ether oxygens (including phenoxy) is 2. The van der Waals surface area contributed by atoms with Crippen LogP contribution in [0.1, 0.15) is 36.9 Å². The van der Waals surface area contributed by atoms with Crippen LogP contribution in [0.3, 0.4) is 0 Å². The van der Waals surface area contributed by atoms with Crippen LogP contribution in [0.2, 0.25) is 0 Å². The zero-order valence-corrected chi connectivity index (χ0v) is 17.0. The molecule has 0 aromatic heterocycles. The van der Waals surface area contributed by atoms with E-state index in [1.54, 1.807) is 20.3 Å². The zero-order chi connectivity index (χ0) is 20.8. The Morgan fingerprint density at radius 1 is 1.03 bits per heavy atom. The first-order chi connectivity index (χ1) is 14.0. The molecule has 1 saturated carbocycles. The number of nitrogens with one attached hydrogen (secondary N) is 3. The standard InChI is InChI=1S/C22H27N3O4/c1-14(16-6-8-18(9-7-16)25-21(26)17-4-5-17)24-22(27)23-13-15-10-19(28-2)12-20(11-15)29-3/h6-12,14,17H,4-5,13H2,1-3H3,(H,25,26)(H2,23,24,27). The second-order valence-corrected chi connectivity index (χ2v) is 7.16. The minimum Gasteiger partial charge on any atom is -0.497 e. The normalized spacial score (nSPS) is 13.9. The van der Waals surface area contributed by atoms with Crippen LogP contribution < -0.4 is 25.4 Å². The van der Waals surface area contributed by atoms with Crippen LogP contribution >= 0.6 is 0 Å². The Balaban J connectivity index is 1.50. The fourth-order valence-corrected chi connectivity index (χ4v) is 2.93. The third kappa shape index (κ3) is 5.88. The highest BCUT2D eigenvalue weighted by Gasteiger charge is 2.29. The van der Waals surface area contributed by atoms with Crippen molar-refractivity contribution in [2.24, 2.45) is 5.92 Å². The maximum atomic E-state index is 12.3. The van der Waals surface area contributed by atoms with Crippen LogP contribution in [0, 0.1) is 5.92 Å². The summed E-state index contributed by atoms with van der Waals surface area (Å²) >= 11 is 0. The molecule has 7 heteroatoms. The summed E-state index contributed by atoms with van der Waals surface area (Å²) in [6, 6.07) is 12.5. The Morgan fingerprint density at radius 2 is 1.66 bits per heavy atom. The summed E-state index contributed by atoms with van der Waals surface area (Å²) in [6.45, 7) is 2.25. The molecule has 3 amide bonds. The predicted octanol–water partition coefficient (Wildman–Crippen LogP) is 3.61. The highest BCUT2D eigenvalue weighted by Crippen LogP contribution is 2.30. The molecule has 1 atom stereocenters. The van der Waals surface area contributed by atoms with E-state index in [-0.39, 0.29) is 23.9 Å². The molecule has 1 fully saturated rings. The summed E-state index contributed by atoms with van der Waals surface area (Å²) < 4.78 is 10.5. The molecule has 0 spiro atoms. The van der Waals surface area contributed by atoms with Crippen molar-refractivity contribution >= 4 is 17.6 Å². The fourth-order valence-electron chi connectivity index (χ4n) is 2.93. The second-order valence-electron chi connectivity index (χ2n) is 7.16. The van der Waals surface area contributed by atoms with Gasteiger partial charge in [0.25, 0.3) is 0 Å². The molecule has 2 aromatic carbocycles. The van der Waals surface area contributed by atoms with E-state index in [0.29, 0.717) is 18.0 Å². The van der Waals surface area contributed by atoms with E-state index in [2.05, 4.69) is 16.0 Å². The summed E-state index contributed by atoms with van der Waals surface area (Å²) in [7, 11) is 3.17. The summed E-state index contributed by atoms with van der Waals surface area (Å²) in [5.41, 5.74) is 2.60. The minimum absolute atomic E-state index is 0.0810. The van der Waals surface area contributed by atoms with E-state index >= 15 is 0 Å². The van der Waals surface area contributed by atoms with E-state index in [4.69, 9.17) is 9.47 Å². The zero-order valence-electron chi connectivity index (χ0n) is 17.0. The first-order valence-corrected chi connectivity index (χ1v) is 9.65. The molecule has 0 saturated heterocycles. The number of amides is 3. The number of rotatable bonds is 8. The SMILES string of the molecule is COc1cc(CNC(=O)NC(C)c2ccc(NC(=O)C3CC3)cc2)cc(OC)c1. The number of anilines is 1. The maximum Gasteiger partial charge on any atom is 0.315 e. The Kier molecular flexibility index (Phi) is 6.59. The second kappa shape index (κ2) is 9.32. The Hall–Kier alpha value is -3.22. The smallest absolute Gasteiger partial charge is 0.315 e. The van der Waals surface area contributed by atoms with Gasteiger partial charge < -0.3 is 25.4 Å². The van der Waals surface area contributed by atoms with Crippen LogP contribution in [0.25, 0.3) is 0 Å². The van der Waals surface area contributed by atoms with E-state index in [1.165, 1.54) is 0 Å². The maximum absolute atomic E-state index is 12.3. The van der Waals surface area contributed by atoms with Gasteiger partial charge in [0.15, 0.2) is 0 Å². The lowest BCUT2D eigenvalue weighted by molar-refractivity contribution is -0.117. The molecule has 2 aromatic rings. The number of carbonyl (C=O) groups is 2. The quantitative estimate of drug-likeness (QED) is 0.635. The molecule has 0 radical (unpaired) electrons.